The minimum Gasteiger partial charge on any atom is -0.409 e. The average Bonchev–Trinajstić information content (AvgIpc) is 3.05. The van der Waals surface area contributed by atoms with Gasteiger partial charge >= 0.3 is 0 Å². The Morgan fingerprint density at radius 3 is 2.79 bits per heavy atom. The van der Waals surface area contributed by atoms with Gasteiger partial charge in [0.25, 0.3) is 5.91 Å². The first-order chi connectivity index (χ1) is 9.11. The summed E-state index contributed by atoms with van der Waals surface area (Å²) in [5.41, 5.74) is 6.21. The lowest BCUT2D eigenvalue weighted by Gasteiger charge is -2.28. The van der Waals surface area contributed by atoms with Crippen LogP contribution in [0.2, 0.25) is 0 Å². The Labute approximate surface area is 124 Å². The van der Waals surface area contributed by atoms with Crippen molar-refractivity contribution >= 4 is 39.0 Å². The van der Waals surface area contributed by atoms with Gasteiger partial charge in [-0.3, -0.25) is 4.79 Å². The first-order valence-electron chi connectivity index (χ1n) is 6.13. The van der Waals surface area contributed by atoms with E-state index in [1.165, 1.54) is 11.3 Å². The molecular formula is C12H16BrN3O2S. The second kappa shape index (κ2) is 6.38. The largest absolute Gasteiger partial charge is 0.409 e. The molecule has 1 aromatic heterocycles. The molecule has 3 N–H and O–H groups in total. The number of amides is 1. The molecule has 0 spiro atoms. The number of nitrogens with zero attached hydrogens (tertiary/aromatic N) is 2. The fraction of sp³-hybridized carbons (Fsp3) is 0.500. The van der Waals surface area contributed by atoms with E-state index in [4.69, 9.17) is 10.9 Å². The number of halogens is 1. The molecule has 1 fully saturated rings. The molecule has 19 heavy (non-hydrogen) atoms. The van der Waals surface area contributed by atoms with E-state index in [9.17, 15) is 4.79 Å². The van der Waals surface area contributed by atoms with Gasteiger partial charge in [-0.15, -0.1) is 11.3 Å². The van der Waals surface area contributed by atoms with E-state index >= 15 is 0 Å². The number of amidine groups is 1. The Kier molecular flexibility index (Phi) is 4.81. The van der Waals surface area contributed by atoms with E-state index in [0.717, 1.165) is 29.5 Å². The molecule has 0 bridgehead atoms. The van der Waals surface area contributed by atoms with Crippen molar-refractivity contribution in [1.29, 1.82) is 0 Å². The van der Waals surface area contributed by atoms with Crippen LogP contribution < -0.4 is 5.73 Å². The first kappa shape index (κ1) is 14.3. The van der Waals surface area contributed by atoms with Gasteiger partial charge in [0.15, 0.2) is 5.84 Å². The number of hydrogen-bond donors (Lipinski definition) is 2. The van der Waals surface area contributed by atoms with E-state index in [-0.39, 0.29) is 24.3 Å². The Morgan fingerprint density at radius 1 is 1.58 bits per heavy atom. The summed E-state index contributed by atoms with van der Waals surface area (Å²) in [6, 6.07) is 1.99. The number of hydrogen-bond acceptors (Lipinski definition) is 4. The average molecular weight is 346 g/mol. The lowest BCUT2D eigenvalue weighted by atomic mass is 10.1. The van der Waals surface area contributed by atoms with Crippen LogP contribution in [0.3, 0.4) is 0 Å². The van der Waals surface area contributed by atoms with Gasteiger partial charge in [0.05, 0.1) is 15.9 Å². The third-order valence-corrected chi connectivity index (χ3v) is 4.81. The summed E-state index contributed by atoms with van der Waals surface area (Å²) < 4.78 is 0.922. The zero-order valence-corrected chi connectivity index (χ0v) is 12.8. The molecule has 0 unspecified atom stereocenters. The number of thiophene rings is 1. The van der Waals surface area contributed by atoms with Crippen LogP contribution in [0.1, 0.15) is 36.0 Å². The predicted octanol–water partition coefficient (Wildman–Crippen LogP) is 2.64. The molecule has 1 amide bonds. The molecule has 0 atom stereocenters. The van der Waals surface area contributed by atoms with Crippen molar-refractivity contribution in [3.8, 4) is 0 Å². The highest BCUT2D eigenvalue weighted by Crippen LogP contribution is 2.27. The van der Waals surface area contributed by atoms with E-state index in [2.05, 4.69) is 21.1 Å². The monoisotopic (exact) mass is 345 g/mol. The van der Waals surface area contributed by atoms with Crippen LogP contribution in [0, 0.1) is 0 Å². The zero-order chi connectivity index (χ0) is 13.8. The molecule has 1 aliphatic carbocycles. The topological polar surface area (TPSA) is 78.9 Å². The van der Waals surface area contributed by atoms with Crippen LogP contribution in [0.15, 0.2) is 20.4 Å². The van der Waals surface area contributed by atoms with E-state index < -0.39 is 0 Å². The molecule has 2 rings (SSSR count). The van der Waals surface area contributed by atoms with Gasteiger partial charge in [-0.25, -0.2) is 0 Å². The Balaban J connectivity index is 2.18. The fourth-order valence-electron chi connectivity index (χ4n) is 2.38. The summed E-state index contributed by atoms with van der Waals surface area (Å²) in [6.07, 6.45) is 4.21. The van der Waals surface area contributed by atoms with Gasteiger partial charge in [0.2, 0.25) is 0 Å². The van der Waals surface area contributed by atoms with Crippen molar-refractivity contribution in [2.45, 2.75) is 31.7 Å². The van der Waals surface area contributed by atoms with Crippen LogP contribution in [0.25, 0.3) is 0 Å². The lowest BCUT2D eigenvalue weighted by Crippen LogP contribution is -2.44. The molecule has 0 aliphatic heterocycles. The smallest absolute Gasteiger partial charge is 0.255 e. The van der Waals surface area contributed by atoms with Crippen molar-refractivity contribution in [3.05, 3.63) is 20.8 Å². The summed E-state index contributed by atoms with van der Waals surface area (Å²) in [5.74, 6) is 0.00925. The van der Waals surface area contributed by atoms with Crippen molar-refractivity contribution in [2.24, 2.45) is 10.9 Å². The van der Waals surface area contributed by atoms with Crippen LogP contribution in [0.4, 0.5) is 0 Å². The summed E-state index contributed by atoms with van der Waals surface area (Å²) >= 11 is 4.83. The third kappa shape index (κ3) is 3.48. The molecule has 0 aromatic carbocycles. The predicted molar refractivity (Wildman–Crippen MR) is 78.7 cm³/mol. The maximum absolute atomic E-state index is 12.5. The molecule has 0 radical (unpaired) electrons. The summed E-state index contributed by atoms with van der Waals surface area (Å²) in [4.78, 5) is 14.2. The second-order valence-electron chi connectivity index (χ2n) is 4.60. The highest BCUT2D eigenvalue weighted by atomic mass is 79.9. The van der Waals surface area contributed by atoms with Crippen LogP contribution in [0.5, 0.6) is 0 Å². The molecule has 1 aliphatic rings. The maximum Gasteiger partial charge on any atom is 0.255 e. The van der Waals surface area contributed by atoms with Gasteiger partial charge in [-0.05, 0) is 34.8 Å². The fourth-order valence-corrected chi connectivity index (χ4v) is 3.51. The number of nitrogens with two attached hydrogens (primary N) is 1. The van der Waals surface area contributed by atoms with Crippen molar-refractivity contribution in [3.63, 3.8) is 0 Å². The summed E-state index contributed by atoms with van der Waals surface area (Å²) in [7, 11) is 0. The number of rotatable bonds is 4. The van der Waals surface area contributed by atoms with E-state index in [0.29, 0.717) is 5.56 Å². The van der Waals surface area contributed by atoms with Crippen molar-refractivity contribution < 1.29 is 10.0 Å². The van der Waals surface area contributed by atoms with Gasteiger partial charge in [0, 0.05) is 11.4 Å². The Morgan fingerprint density at radius 2 is 2.26 bits per heavy atom. The second-order valence-corrected chi connectivity index (χ2v) is 6.89. The SMILES string of the molecule is NC(CN(C(=O)c1csc(Br)c1)C1CCCC1)=NO. The van der Waals surface area contributed by atoms with Gasteiger partial charge in [-0.1, -0.05) is 18.0 Å². The minimum absolute atomic E-state index is 0.0551. The molecule has 0 saturated heterocycles. The normalized spacial score (nSPS) is 16.8. The molecule has 1 saturated carbocycles. The summed E-state index contributed by atoms with van der Waals surface area (Å²) in [6.45, 7) is 0.174. The molecule has 1 aromatic rings. The van der Waals surface area contributed by atoms with Gasteiger partial charge < -0.3 is 15.8 Å². The number of carbonyl (C=O) groups excluding carboxylic acids is 1. The molecular weight excluding hydrogens is 330 g/mol. The van der Waals surface area contributed by atoms with Crippen molar-refractivity contribution in [2.75, 3.05) is 6.54 Å². The standard InChI is InChI=1S/C12H16BrN3O2S/c13-10-5-8(7-19-10)12(17)16(6-11(14)15-18)9-3-1-2-4-9/h5,7,9,18H,1-4,6H2,(H2,14,15). The highest BCUT2D eigenvalue weighted by molar-refractivity contribution is 9.11. The number of carbonyl (C=O) groups is 1. The third-order valence-electron chi connectivity index (χ3n) is 3.30. The first-order valence-corrected chi connectivity index (χ1v) is 7.80. The summed E-state index contributed by atoms with van der Waals surface area (Å²) in [5, 5.41) is 13.5. The number of oxime groups is 1. The van der Waals surface area contributed by atoms with Crippen LogP contribution in [-0.4, -0.2) is 34.4 Å². The molecule has 7 heteroatoms. The van der Waals surface area contributed by atoms with Gasteiger partial charge in [0.1, 0.15) is 0 Å². The van der Waals surface area contributed by atoms with E-state index in [1.54, 1.807) is 11.0 Å². The molecule has 5 nitrogen and oxygen atoms in total. The minimum atomic E-state index is -0.0551. The van der Waals surface area contributed by atoms with Crippen LogP contribution in [-0.2, 0) is 0 Å². The zero-order valence-electron chi connectivity index (χ0n) is 10.4. The van der Waals surface area contributed by atoms with Gasteiger partial charge in [-0.2, -0.15) is 0 Å². The lowest BCUT2D eigenvalue weighted by molar-refractivity contribution is 0.0713. The van der Waals surface area contributed by atoms with E-state index in [1.807, 2.05) is 5.38 Å². The van der Waals surface area contributed by atoms with Crippen LogP contribution >= 0.6 is 27.3 Å². The molecule has 1 heterocycles. The highest BCUT2D eigenvalue weighted by Gasteiger charge is 2.28. The van der Waals surface area contributed by atoms with Crippen molar-refractivity contribution in [1.82, 2.24) is 4.90 Å². The Hall–Kier alpha value is -1.08. The maximum atomic E-state index is 12.5. The molecule has 104 valence electrons. The Bertz CT molecular complexity index is 483. The quantitative estimate of drug-likeness (QED) is 0.381.